The van der Waals surface area contributed by atoms with Crippen molar-refractivity contribution in [3.05, 3.63) is 0 Å². The zero-order chi connectivity index (χ0) is 12.3. The Hall–Kier alpha value is -1.06. The lowest BCUT2D eigenvalue weighted by Crippen LogP contribution is -2.44. The van der Waals surface area contributed by atoms with Crippen molar-refractivity contribution in [3.8, 4) is 0 Å². The first-order valence-corrected chi connectivity index (χ1v) is 5.96. The SMILES string of the molecule is CC(NC(=O)C(C)C(C)C(=O)O)C1CCC1. The van der Waals surface area contributed by atoms with E-state index in [4.69, 9.17) is 5.11 Å². The zero-order valence-electron chi connectivity index (χ0n) is 10.2. The van der Waals surface area contributed by atoms with Gasteiger partial charge in [0.05, 0.1) is 5.92 Å². The van der Waals surface area contributed by atoms with E-state index >= 15 is 0 Å². The van der Waals surface area contributed by atoms with Crippen molar-refractivity contribution >= 4 is 11.9 Å². The molecule has 0 saturated heterocycles. The summed E-state index contributed by atoms with van der Waals surface area (Å²) in [6, 6.07) is 0.171. The number of carbonyl (C=O) groups excluding carboxylic acids is 1. The first-order chi connectivity index (χ1) is 7.43. The van der Waals surface area contributed by atoms with E-state index < -0.39 is 17.8 Å². The van der Waals surface area contributed by atoms with Crippen LogP contribution < -0.4 is 5.32 Å². The summed E-state index contributed by atoms with van der Waals surface area (Å²) in [5, 5.41) is 11.7. The lowest BCUT2D eigenvalue weighted by Gasteiger charge is -2.32. The average Bonchev–Trinajstić information content (AvgIpc) is 2.12. The average molecular weight is 227 g/mol. The van der Waals surface area contributed by atoms with Gasteiger partial charge in [-0.15, -0.1) is 0 Å². The van der Waals surface area contributed by atoms with Crippen LogP contribution in [0.1, 0.15) is 40.0 Å². The monoisotopic (exact) mass is 227 g/mol. The molecule has 0 bridgehead atoms. The van der Waals surface area contributed by atoms with Crippen molar-refractivity contribution in [2.24, 2.45) is 17.8 Å². The Morgan fingerprint density at radius 3 is 2.12 bits per heavy atom. The number of hydrogen-bond donors (Lipinski definition) is 2. The summed E-state index contributed by atoms with van der Waals surface area (Å²) in [7, 11) is 0. The van der Waals surface area contributed by atoms with Crippen molar-refractivity contribution in [2.75, 3.05) is 0 Å². The summed E-state index contributed by atoms with van der Waals surface area (Å²) in [6.45, 7) is 5.24. The first-order valence-electron chi connectivity index (χ1n) is 5.96. The summed E-state index contributed by atoms with van der Waals surface area (Å²) >= 11 is 0. The van der Waals surface area contributed by atoms with Crippen LogP contribution in [0.25, 0.3) is 0 Å². The Kier molecular flexibility index (Phi) is 4.33. The summed E-state index contributed by atoms with van der Waals surface area (Å²) in [5.41, 5.74) is 0. The van der Waals surface area contributed by atoms with Gasteiger partial charge in [-0.05, 0) is 25.7 Å². The van der Waals surface area contributed by atoms with Crippen LogP contribution in [-0.4, -0.2) is 23.0 Å². The van der Waals surface area contributed by atoms with E-state index in [1.807, 2.05) is 6.92 Å². The molecule has 3 unspecified atom stereocenters. The Morgan fingerprint density at radius 1 is 1.19 bits per heavy atom. The first kappa shape index (κ1) is 13.0. The second-order valence-electron chi connectivity index (χ2n) is 4.90. The molecule has 1 rings (SSSR count). The van der Waals surface area contributed by atoms with Gasteiger partial charge in [0.15, 0.2) is 0 Å². The van der Waals surface area contributed by atoms with Gasteiger partial charge in [-0.25, -0.2) is 0 Å². The highest BCUT2D eigenvalue weighted by Crippen LogP contribution is 2.29. The molecule has 2 N–H and O–H groups in total. The predicted octanol–water partition coefficient (Wildman–Crippen LogP) is 1.65. The third-order valence-corrected chi connectivity index (χ3v) is 3.78. The largest absolute Gasteiger partial charge is 0.481 e. The Bertz CT molecular complexity index is 273. The van der Waals surface area contributed by atoms with Gasteiger partial charge in [-0.3, -0.25) is 9.59 Å². The number of amides is 1. The Labute approximate surface area is 96.4 Å². The maximum atomic E-state index is 11.8. The summed E-state index contributed by atoms with van der Waals surface area (Å²) in [4.78, 5) is 22.5. The molecule has 0 spiro atoms. The minimum atomic E-state index is -0.918. The van der Waals surface area contributed by atoms with Gasteiger partial charge in [-0.2, -0.15) is 0 Å². The number of carbonyl (C=O) groups is 2. The number of rotatable bonds is 5. The molecule has 1 aliphatic carbocycles. The van der Waals surface area contributed by atoms with Gasteiger partial charge in [0.1, 0.15) is 0 Å². The quantitative estimate of drug-likeness (QED) is 0.750. The van der Waals surface area contributed by atoms with Crippen LogP contribution in [0, 0.1) is 17.8 Å². The molecule has 0 heterocycles. The van der Waals surface area contributed by atoms with Crippen LogP contribution in [0.3, 0.4) is 0 Å². The van der Waals surface area contributed by atoms with Crippen molar-refractivity contribution in [1.82, 2.24) is 5.32 Å². The number of aliphatic carboxylic acids is 1. The van der Waals surface area contributed by atoms with Crippen molar-refractivity contribution in [3.63, 3.8) is 0 Å². The normalized spacial score (nSPS) is 21.7. The molecule has 1 aliphatic rings. The molecular weight excluding hydrogens is 206 g/mol. The van der Waals surface area contributed by atoms with Crippen LogP contribution in [0.5, 0.6) is 0 Å². The van der Waals surface area contributed by atoms with Crippen LogP contribution in [0.4, 0.5) is 0 Å². The molecule has 0 aromatic carbocycles. The van der Waals surface area contributed by atoms with E-state index in [2.05, 4.69) is 5.32 Å². The molecule has 4 heteroatoms. The second-order valence-corrected chi connectivity index (χ2v) is 4.90. The number of carboxylic acids is 1. The van der Waals surface area contributed by atoms with Gasteiger partial charge in [0.25, 0.3) is 0 Å². The molecule has 1 amide bonds. The molecule has 0 aromatic rings. The summed E-state index contributed by atoms with van der Waals surface area (Å²) < 4.78 is 0. The number of hydrogen-bond acceptors (Lipinski definition) is 2. The van der Waals surface area contributed by atoms with Crippen LogP contribution in [0.2, 0.25) is 0 Å². The molecular formula is C12H21NO3. The van der Waals surface area contributed by atoms with E-state index in [9.17, 15) is 9.59 Å². The van der Waals surface area contributed by atoms with Crippen LogP contribution in [0.15, 0.2) is 0 Å². The van der Waals surface area contributed by atoms with Crippen molar-refractivity contribution < 1.29 is 14.7 Å². The van der Waals surface area contributed by atoms with Gasteiger partial charge in [0, 0.05) is 12.0 Å². The van der Waals surface area contributed by atoms with Gasteiger partial charge >= 0.3 is 5.97 Å². The Morgan fingerprint density at radius 2 is 1.75 bits per heavy atom. The van der Waals surface area contributed by atoms with E-state index in [0.717, 1.165) is 0 Å². The van der Waals surface area contributed by atoms with Gasteiger partial charge in [-0.1, -0.05) is 20.3 Å². The molecule has 92 valence electrons. The number of carboxylic acid groups (broad SMARTS) is 1. The van der Waals surface area contributed by atoms with Crippen LogP contribution >= 0.6 is 0 Å². The third kappa shape index (κ3) is 2.97. The fraction of sp³-hybridized carbons (Fsp3) is 0.833. The van der Waals surface area contributed by atoms with Gasteiger partial charge in [0.2, 0.25) is 5.91 Å². The fourth-order valence-corrected chi connectivity index (χ4v) is 1.85. The molecule has 0 aromatic heterocycles. The van der Waals surface area contributed by atoms with E-state index in [0.29, 0.717) is 5.92 Å². The van der Waals surface area contributed by atoms with Crippen molar-refractivity contribution in [2.45, 2.75) is 46.1 Å². The molecule has 4 nitrogen and oxygen atoms in total. The topological polar surface area (TPSA) is 66.4 Å². The second kappa shape index (κ2) is 5.32. The standard InChI is InChI=1S/C12H21NO3/c1-7(8(2)12(15)16)11(14)13-9(3)10-5-4-6-10/h7-10H,4-6H2,1-3H3,(H,13,14)(H,15,16). The maximum absolute atomic E-state index is 11.8. The summed E-state index contributed by atoms with van der Waals surface area (Å²) in [6.07, 6.45) is 3.58. The molecule has 0 aliphatic heterocycles. The van der Waals surface area contributed by atoms with E-state index in [-0.39, 0.29) is 11.9 Å². The van der Waals surface area contributed by atoms with Gasteiger partial charge < -0.3 is 10.4 Å². The molecule has 3 atom stereocenters. The third-order valence-electron chi connectivity index (χ3n) is 3.78. The summed E-state index contributed by atoms with van der Waals surface area (Å²) in [5.74, 6) is -1.59. The lowest BCUT2D eigenvalue weighted by molar-refractivity contribution is -0.146. The zero-order valence-corrected chi connectivity index (χ0v) is 10.2. The Balaban J connectivity index is 2.41. The maximum Gasteiger partial charge on any atom is 0.307 e. The minimum Gasteiger partial charge on any atom is -0.481 e. The predicted molar refractivity (Wildman–Crippen MR) is 60.9 cm³/mol. The van der Waals surface area contributed by atoms with Crippen LogP contribution in [-0.2, 0) is 9.59 Å². The van der Waals surface area contributed by atoms with E-state index in [1.165, 1.54) is 19.3 Å². The lowest BCUT2D eigenvalue weighted by atomic mass is 9.80. The number of nitrogens with one attached hydrogen (secondary N) is 1. The highest BCUT2D eigenvalue weighted by atomic mass is 16.4. The highest BCUT2D eigenvalue weighted by Gasteiger charge is 2.29. The highest BCUT2D eigenvalue weighted by molar-refractivity contribution is 5.84. The molecule has 1 saturated carbocycles. The molecule has 16 heavy (non-hydrogen) atoms. The molecule has 0 radical (unpaired) electrons. The smallest absolute Gasteiger partial charge is 0.307 e. The molecule has 1 fully saturated rings. The van der Waals surface area contributed by atoms with Crippen molar-refractivity contribution in [1.29, 1.82) is 0 Å². The van der Waals surface area contributed by atoms with E-state index in [1.54, 1.807) is 13.8 Å². The minimum absolute atomic E-state index is 0.144. The fourth-order valence-electron chi connectivity index (χ4n) is 1.85.